The Bertz CT molecular complexity index is 1010. The smallest absolute Gasteiger partial charge is 0.222 e. The topological polar surface area (TPSA) is 71.0 Å². The summed E-state index contributed by atoms with van der Waals surface area (Å²) in [5.41, 5.74) is 2.28. The van der Waals surface area contributed by atoms with Crippen molar-refractivity contribution in [2.75, 3.05) is 18.4 Å². The van der Waals surface area contributed by atoms with Crippen molar-refractivity contribution in [2.45, 2.75) is 46.0 Å². The van der Waals surface area contributed by atoms with Gasteiger partial charge in [-0.3, -0.25) is 4.79 Å². The van der Waals surface area contributed by atoms with Gasteiger partial charge >= 0.3 is 0 Å². The number of hydrogen-bond donors (Lipinski definition) is 1. The van der Waals surface area contributed by atoms with Crippen LogP contribution in [0.15, 0.2) is 42.6 Å². The number of hydrogen-bond acceptors (Lipinski definition) is 6. The molecule has 2 aromatic heterocycles. The lowest BCUT2D eigenvalue weighted by molar-refractivity contribution is -0.132. The number of piperidine rings is 1. The number of aryl methyl sites for hydroxylation is 3. The molecule has 0 aliphatic carbocycles. The average molecular weight is 436 g/mol. The van der Waals surface area contributed by atoms with Crippen LogP contribution in [0.4, 0.5) is 10.9 Å². The first-order valence-electron chi connectivity index (χ1n) is 10.9. The monoisotopic (exact) mass is 435 g/mol. The number of rotatable bonds is 7. The molecule has 1 saturated heterocycles. The van der Waals surface area contributed by atoms with Crippen LogP contribution in [0.25, 0.3) is 0 Å². The fraction of sp³-hybridized carbons (Fsp3) is 0.417. The van der Waals surface area contributed by atoms with E-state index < -0.39 is 0 Å². The Morgan fingerprint density at radius 1 is 1.16 bits per heavy atom. The zero-order valence-corrected chi connectivity index (χ0v) is 19.0. The normalized spacial score (nSPS) is 14.6. The third kappa shape index (κ3) is 6.10. The summed E-state index contributed by atoms with van der Waals surface area (Å²) in [4.78, 5) is 29.3. The second kappa shape index (κ2) is 10.0. The van der Waals surface area contributed by atoms with Crippen LogP contribution in [-0.4, -0.2) is 38.8 Å². The molecule has 0 atom stereocenters. The number of aromatic nitrogens is 3. The zero-order valence-electron chi connectivity index (χ0n) is 18.2. The molecule has 0 unspecified atom stereocenters. The highest BCUT2D eigenvalue weighted by Crippen LogP contribution is 2.25. The van der Waals surface area contributed by atoms with Crippen molar-refractivity contribution >= 4 is 28.2 Å². The van der Waals surface area contributed by atoms with E-state index in [1.165, 1.54) is 10.4 Å². The van der Waals surface area contributed by atoms with Gasteiger partial charge in [0.05, 0.1) is 0 Å². The molecule has 4 rings (SSSR count). The lowest BCUT2D eigenvalue weighted by Crippen LogP contribution is -2.39. The predicted molar refractivity (Wildman–Crippen MR) is 125 cm³/mol. The second-order valence-corrected chi connectivity index (χ2v) is 9.44. The standard InChI is InChI=1S/C24H29N5OS/c1-17-16-25-24(31-17)28-22-15-21(26-18(2)27-22)14-20-10-12-29(13-11-20)23(30)9-8-19-6-4-3-5-7-19/h3-7,15-16,20H,8-14H2,1-2H3,(H,25,26,27,28). The van der Waals surface area contributed by atoms with E-state index in [1.807, 2.05) is 49.2 Å². The SMILES string of the molecule is Cc1nc(CC2CCN(C(=O)CCc3ccccc3)CC2)cc(Nc2ncc(C)s2)n1. The first-order valence-corrected chi connectivity index (χ1v) is 11.7. The molecule has 31 heavy (non-hydrogen) atoms. The summed E-state index contributed by atoms with van der Waals surface area (Å²) in [6.07, 6.45) is 6.22. The van der Waals surface area contributed by atoms with Crippen molar-refractivity contribution in [2.24, 2.45) is 5.92 Å². The molecule has 162 valence electrons. The van der Waals surface area contributed by atoms with Crippen LogP contribution in [0.2, 0.25) is 0 Å². The van der Waals surface area contributed by atoms with E-state index in [9.17, 15) is 4.79 Å². The molecule has 0 radical (unpaired) electrons. The maximum absolute atomic E-state index is 12.6. The van der Waals surface area contributed by atoms with E-state index in [4.69, 9.17) is 0 Å². The number of nitrogens with one attached hydrogen (secondary N) is 1. The summed E-state index contributed by atoms with van der Waals surface area (Å²) in [6, 6.07) is 12.3. The molecule has 6 nitrogen and oxygen atoms in total. The minimum Gasteiger partial charge on any atom is -0.343 e. The number of likely N-dealkylation sites (tertiary alicyclic amines) is 1. The molecule has 1 amide bonds. The first kappa shape index (κ1) is 21.4. The van der Waals surface area contributed by atoms with Gasteiger partial charge in [-0.15, -0.1) is 11.3 Å². The van der Waals surface area contributed by atoms with E-state index in [0.29, 0.717) is 12.3 Å². The fourth-order valence-corrected chi connectivity index (χ4v) is 4.73. The molecule has 3 heterocycles. The number of benzene rings is 1. The summed E-state index contributed by atoms with van der Waals surface area (Å²) < 4.78 is 0. The van der Waals surface area contributed by atoms with Crippen LogP contribution in [0.1, 0.15) is 41.2 Å². The van der Waals surface area contributed by atoms with E-state index in [-0.39, 0.29) is 5.91 Å². The Labute approximate surface area is 187 Å². The van der Waals surface area contributed by atoms with E-state index >= 15 is 0 Å². The lowest BCUT2D eigenvalue weighted by Gasteiger charge is -2.32. The average Bonchev–Trinajstić information content (AvgIpc) is 3.17. The number of thiazole rings is 1. The number of nitrogens with zero attached hydrogens (tertiary/aromatic N) is 4. The van der Waals surface area contributed by atoms with Crippen molar-refractivity contribution in [3.63, 3.8) is 0 Å². The van der Waals surface area contributed by atoms with Crippen LogP contribution < -0.4 is 5.32 Å². The van der Waals surface area contributed by atoms with Gasteiger partial charge in [0.25, 0.3) is 0 Å². The van der Waals surface area contributed by atoms with Gasteiger partial charge < -0.3 is 10.2 Å². The highest BCUT2D eigenvalue weighted by atomic mass is 32.1. The Morgan fingerprint density at radius 2 is 1.94 bits per heavy atom. The molecule has 1 aliphatic heterocycles. The largest absolute Gasteiger partial charge is 0.343 e. The molecule has 0 spiro atoms. The molecule has 7 heteroatoms. The van der Waals surface area contributed by atoms with Crippen molar-refractivity contribution in [3.8, 4) is 0 Å². The number of carbonyl (C=O) groups excluding carboxylic acids is 1. The van der Waals surface area contributed by atoms with Crippen molar-refractivity contribution in [3.05, 3.63) is 64.6 Å². The van der Waals surface area contributed by atoms with Gasteiger partial charge in [-0.1, -0.05) is 30.3 Å². The van der Waals surface area contributed by atoms with Crippen LogP contribution in [0, 0.1) is 19.8 Å². The molecular weight excluding hydrogens is 406 g/mol. The molecule has 1 fully saturated rings. The van der Waals surface area contributed by atoms with E-state index in [2.05, 4.69) is 32.4 Å². The van der Waals surface area contributed by atoms with E-state index in [0.717, 1.165) is 61.2 Å². The van der Waals surface area contributed by atoms with Gasteiger partial charge in [0.1, 0.15) is 11.6 Å². The van der Waals surface area contributed by atoms with Crippen LogP contribution in [-0.2, 0) is 17.6 Å². The molecule has 1 aliphatic rings. The minimum absolute atomic E-state index is 0.269. The Hall–Kier alpha value is -2.80. The van der Waals surface area contributed by atoms with Gasteiger partial charge in [-0.25, -0.2) is 15.0 Å². The van der Waals surface area contributed by atoms with Gasteiger partial charge in [0, 0.05) is 42.3 Å². The maximum Gasteiger partial charge on any atom is 0.222 e. The second-order valence-electron chi connectivity index (χ2n) is 8.21. The van der Waals surface area contributed by atoms with Crippen molar-refractivity contribution in [1.82, 2.24) is 19.9 Å². The first-order chi connectivity index (χ1) is 15.0. The Morgan fingerprint density at radius 3 is 2.65 bits per heavy atom. The summed E-state index contributed by atoms with van der Waals surface area (Å²) in [7, 11) is 0. The fourth-order valence-electron chi connectivity index (χ4n) is 4.06. The molecular formula is C24H29N5OS. The molecule has 1 N–H and O–H groups in total. The number of amides is 1. The van der Waals surface area contributed by atoms with Crippen LogP contribution >= 0.6 is 11.3 Å². The van der Waals surface area contributed by atoms with Gasteiger partial charge in [-0.05, 0) is 51.0 Å². The van der Waals surface area contributed by atoms with E-state index in [1.54, 1.807) is 11.3 Å². The third-order valence-corrected chi connectivity index (χ3v) is 6.51. The van der Waals surface area contributed by atoms with Crippen LogP contribution in [0.5, 0.6) is 0 Å². The summed E-state index contributed by atoms with van der Waals surface area (Å²) in [5, 5.41) is 4.15. The summed E-state index contributed by atoms with van der Waals surface area (Å²) in [5.74, 6) is 2.38. The predicted octanol–water partition coefficient (Wildman–Crippen LogP) is 4.71. The molecule has 0 saturated carbocycles. The lowest BCUT2D eigenvalue weighted by atomic mass is 9.91. The molecule has 3 aromatic rings. The zero-order chi connectivity index (χ0) is 21.6. The highest BCUT2D eigenvalue weighted by Gasteiger charge is 2.23. The minimum atomic E-state index is 0.269. The quantitative estimate of drug-likeness (QED) is 0.582. The van der Waals surface area contributed by atoms with Gasteiger partial charge in [0.15, 0.2) is 5.13 Å². The number of carbonyl (C=O) groups is 1. The van der Waals surface area contributed by atoms with Gasteiger partial charge in [-0.2, -0.15) is 0 Å². The van der Waals surface area contributed by atoms with Crippen LogP contribution in [0.3, 0.4) is 0 Å². The maximum atomic E-state index is 12.6. The number of anilines is 2. The van der Waals surface area contributed by atoms with Crippen molar-refractivity contribution < 1.29 is 4.79 Å². The Balaban J connectivity index is 1.28. The molecule has 1 aromatic carbocycles. The van der Waals surface area contributed by atoms with Crippen molar-refractivity contribution in [1.29, 1.82) is 0 Å². The summed E-state index contributed by atoms with van der Waals surface area (Å²) in [6.45, 7) is 5.64. The Kier molecular flexibility index (Phi) is 6.92. The summed E-state index contributed by atoms with van der Waals surface area (Å²) >= 11 is 1.62. The van der Waals surface area contributed by atoms with Gasteiger partial charge in [0.2, 0.25) is 5.91 Å². The third-order valence-electron chi connectivity index (χ3n) is 5.68. The molecule has 0 bridgehead atoms. The highest BCUT2D eigenvalue weighted by molar-refractivity contribution is 7.15.